The van der Waals surface area contributed by atoms with Gasteiger partial charge in [-0.25, -0.2) is 4.39 Å². The molecule has 3 nitrogen and oxygen atoms in total. The lowest BCUT2D eigenvalue weighted by atomic mass is 9.73. The highest BCUT2D eigenvalue weighted by atomic mass is 19.4. The Labute approximate surface area is 185 Å². The van der Waals surface area contributed by atoms with Crippen LogP contribution < -0.4 is 5.32 Å². The normalized spacial score (nSPS) is 23.1. The molecule has 1 saturated carbocycles. The number of pyridine rings is 1. The van der Waals surface area contributed by atoms with E-state index in [0.717, 1.165) is 5.56 Å². The molecule has 4 rings (SSSR count). The van der Waals surface area contributed by atoms with Gasteiger partial charge < -0.3 is 5.32 Å². The summed E-state index contributed by atoms with van der Waals surface area (Å²) in [4.78, 5) is 16.7. The molecule has 33 heavy (non-hydrogen) atoms. The van der Waals surface area contributed by atoms with Crippen LogP contribution in [0, 0.1) is 11.8 Å². The molecule has 3 atom stereocenters. The number of aromatic nitrogens is 1. The van der Waals surface area contributed by atoms with Gasteiger partial charge in [0.05, 0.1) is 0 Å². The SMILES string of the molecule is O=C(NCc1ccncc1)[C@H]1CC[C@H]2c3ccc(C(F)(C(F)(F)F)C(F)(F)F)cc3CC[C@@H]12. The van der Waals surface area contributed by atoms with E-state index in [0.29, 0.717) is 43.5 Å². The minimum absolute atomic E-state index is 0.0684. The van der Waals surface area contributed by atoms with E-state index in [-0.39, 0.29) is 35.6 Å². The van der Waals surface area contributed by atoms with Crippen LogP contribution in [0.4, 0.5) is 30.7 Å². The van der Waals surface area contributed by atoms with Crippen LogP contribution in [0.3, 0.4) is 0 Å². The molecule has 0 saturated heterocycles. The second kappa shape index (κ2) is 8.29. The number of hydrogen-bond donors (Lipinski definition) is 1. The molecule has 1 aromatic carbocycles. The second-order valence-corrected chi connectivity index (χ2v) is 8.63. The summed E-state index contributed by atoms with van der Waals surface area (Å²) in [6.07, 6.45) is -7.27. The average Bonchev–Trinajstić information content (AvgIpc) is 3.20. The number of hydrogen-bond acceptors (Lipinski definition) is 2. The van der Waals surface area contributed by atoms with Gasteiger partial charge in [-0.2, -0.15) is 26.3 Å². The molecule has 2 aliphatic rings. The fourth-order valence-corrected chi connectivity index (χ4v) is 5.21. The lowest BCUT2D eigenvalue weighted by Crippen LogP contribution is -2.50. The molecule has 2 aliphatic carbocycles. The van der Waals surface area contributed by atoms with E-state index in [4.69, 9.17) is 0 Å². The van der Waals surface area contributed by atoms with Gasteiger partial charge in [0.25, 0.3) is 0 Å². The van der Waals surface area contributed by atoms with Crippen molar-refractivity contribution in [3.63, 3.8) is 0 Å². The summed E-state index contributed by atoms with van der Waals surface area (Å²) in [6, 6.07) is 6.00. The Morgan fingerprint density at radius 2 is 1.61 bits per heavy atom. The monoisotopic (exact) mass is 474 g/mol. The first kappa shape index (κ1) is 23.5. The van der Waals surface area contributed by atoms with Crippen molar-refractivity contribution in [1.29, 1.82) is 0 Å². The Morgan fingerprint density at radius 1 is 0.939 bits per heavy atom. The van der Waals surface area contributed by atoms with E-state index in [2.05, 4.69) is 10.3 Å². The summed E-state index contributed by atoms with van der Waals surface area (Å²) in [5.74, 6) is -0.655. The summed E-state index contributed by atoms with van der Waals surface area (Å²) in [5, 5.41) is 2.89. The van der Waals surface area contributed by atoms with E-state index in [1.165, 1.54) is 6.07 Å². The highest BCUT2D eigenvalue weighted by Crippen LogP contribution is 2.55. The zero-order chi connectivity index (χ0) is 24.0. The number of carbonyl (C=O) groups is 1. The number of halogens is 7. The lowest BCUT2D eigenvalue weighted by molar-refractivity contribution is -0.348. The average molecular weight is 474 g/mol. The summed E-state index contributed by atoms with van der Waals surface area (Å²) in [7, 11) is 0. The number of rotatable bonds is 4. The van der Waals surface area contributed by atoms with Crippen molar-refractivity contribution in [1.82, 2.24) is 10.3 Å². The Bertz CT molecular complexity index is 1010. The van der Waals surface area contributed by atoms with Gasteiger partial charge in [-0.05, 0) is 66.3 Å². The zero-order valence-electron chi connectivity index (χ0n) is 17.3. The van der Waals surface area contributed by atoms with Gasteiger partial charge in [0, 0.05) is 30.4 Å². The van der Waals surface area contributed by atoms with Gasteiger partial charge in [-0.15, -0.1) is 0 Å². The van der Waals surface area contributed by atoms with Crippen molar-refractivity contribution in [3.05, 3.63) is 65.0 Å². The van der Waals surface area contributed by atoms with E-state index < -0.39 is 23.6 Å². The molecule has 0 bridgehead atoms. The van der Waals surface area contributed by atoms with Crippen molar-refractivity contribution in [2.45, 2.75) is 56.2 Å². The summed E-state index contributed by atoms with van der Waals surface area (Å²) >= 11 is 0. The molecule has 2 aromatic rings. The fraction of sp³-hybridized carbons (Fsp3) is 0.478. The third-order valence-corrected chi connectivity index (χ3v) is 6.84. The number of amides is 1. The van der Waals surface area contributed by atoms with Gasteiger partial charge in [0.15, 0.2) is 0 Å². The predicted molar refractivity (Wildman–Crippen MR) is 105 cm³/mol. The molecular weight excluding hydrogens is 453 g/mol. The largest absolute Gasteiger partial charge is 0.435 e. The minimum Gasteiger partial charge on any atom is -0.352 e. The van der Waals surface area contributed by atoms with E-state index in [9.17, 15) is 35.5 Å². The van der Waals surface area contributed by atoms with Gasteiger partial charge in [-0.3, -0.25) is 9.78 Å². The smallest absolute Gasteiger partial charge is 0.352 e. The van der Waals surface area contributed by atoms with Gasteiger partial charge in [0.2, 0.25) is 5.91 Å². The summed E-state index contributed by atoms with van der Waals surface area (Å²) < 4.78 is 93.2. The third-order valence-electron chi connectivity index (χ3n) is 6.84. The maximum absolute atomic E-state index is 14.5. The predicted octanol–water partition coefficient (Wildman–Crippen LogP) is 5.74. The maximum atomic E-state index is 14.5. The first-order chi connectivity index (χ1) is 15.4. The second-order valence-electron chi connectivity index (χ2n) is 8.63. The van der Waals surface area contributed by atoms with Gasteiger partial charge in [-0.1, -0.05) is 18.2 Å². The van der Waals surface area contributed by atoms with Crippen molar-refractivity contribution in [2.24, 2.45) is 11.8 Å². The molecule has 1 fully saturated rings. The number of benzene rings is 1. The van der Waals surface area contributed by atoms with Crippen LogP contribution in [0.15, 0.2) is 42.7 Å². The van der Waals surface area contributed by atoms with Gasteiger partial charge in [0.1, 0.15) is 0 Å². The molecule has 0 spiro atoms. The van der Waals surface area contributed by atoms with Crippen LogP contribution >= 0.6 is 0 Å². The van der Waals surface area contributed by atoms with Crippen LogP contribution in [-0.4, -0.2) is 23.2 Å². The van der Waals surface area contributed by atoms with E-state index in [1.807, 2.05) is 0 Å². The Morgan fingerprint density at radius 3 is 2.24 bits per heavy atom. The minimum atomic E-state index is -6.14. The van der Waals surface area contributed by atoms with E-state index >= 15 is 0 Å². The topological polar surface area (TPSA) is 42.0 Å². The number of nitrogens with one attached hydrogen (secondary N) is 1. The third kappa shape index (κ3) is 4.08. The van der Waals surface area contributed by atoms with Gasteiger partial charge >= 0.3 is 18.0 Å². The van der Waals surface area contributed by atoms with Crippen molar-refractivity contribution < 1.29 is 35.5 Å². The molecule has 0 aliphatic heterocycles. The summed E-state index contributed by atoms with van der Waals surface area (Å²) in [5.41, 5.74) is -5.12. The van der Waals surface area contributed by atoms with Crippen LogP contribution in [-0.2, 0) is 23.4 Å². The highest BCUT2D eigenvalue weighted by molar-refractivity contribution is 5.79. The maximum Gasteiger partial charge on any atom is 0.435 e. The first-order valence-corrected chi connectivity index (χ1v) is 10.6. The number of fused-ring (bicyclic) bond motifs is 3. The quantitative estimate of drug-likeness (QED) is 0.574. The number of aryl methyl sites for hydroxylation is 1. The standard InChI is InChI=1S/C23H21F7N2O/c24-21(22(25,26)27,23(28,29)30)15-2-4-16-14(11-15)1-3-18-17(16)5-6-19(18)20(33)32-12-13-7-9-31-10-8-13/h2,4,7-11,17-19H,1,3,5-6,12H2,(H,32,33)/t17-,18+,19-/m0/s1. The molecule has 1 amide bonds. The molecule has 10 heteroatoms. The lowest BCUT2D eigenvalue weighted by Gasteiger charge is -2.34. The molecule has 0 radical (unpaired) electrons. The number of carbonyl (C=O) groups excluding carboxylic acids is 1. The number of alkyl halides is 7. The Hall–Kier alpha value is -2.65. The molecule has 178 valence electrons. The van der Waals surface area contributed by atoms with Crippen molar-refractivity contribution in [3.8, 4) is 0 Å². The first-order valence-electron chi connectivity index (χ1n) is 10.6. The van der Waals surface area contributed by atoms with Crippen LogP contribution in [0.2, 0.25) is 0 Å². The molecule has 1 aromatic heterocycles. The zero-order valence-corrected chi connectivity index (χ0v) is 17.3. The van der Waals surface area contributed by atoms with Crippen molar-refractivity contribution in [2.75, 3.05) is 0 Å². The van der Waals surface area contributed by atoms with Crippen molar-refractivity contribution >= 4 is 5.91 Å². The molecule has 1 heterocycles. The summed E-state index contributed by atoms with van der Waals surface area (Å²) in [6.45, 7) is 0.336. The van der Waals surface area contributed by atoms with Crippen LogP contribution in [0.25, 0.3) is 0 Å². The molecule has 0 unspecified atom stereocenters. The van der Waals surface area contributed by atoms with Crippen LogP contribution in [0.5, 0.6) is 0 Å². The van der Waals surface area contributed by atoms with Crippen LogP contribution in [0.1, 0.15) is 47.4 Å². The Kier molecular flexibility index (Phi) is 5.90. The molecular formula is C23H21F7N2O. The number of nitrogens with zero attached hydrogens (tertiary/aromatic N) is 1. The highest BCUT2D eigenvalue weighted by Gasteiger charge is 2.73. The Balaban J connectivity index is 1.54. The molecule has 1 N–H and O–H groups in total. The van der Waals surface area contributed by atoms with E-state index in [1.54, 1.807) is 24.5 Å². The fourth-order valence-electron chi connectivity index (χ4n) is 5.21.